The second kappa shape index (κ2) is 12.5. The van der Waals surface area contributed by atoms with E-state index < -0.39 is 22.0 Å². The number of benzene rings is 2. The van der Waals surface area contributed by atoms with Crippen LogP contribution in [0.1, 0.15) is 31.2 Å². The van der Waals surface area contributed by atoms with Gasteiger partial charge in [0.05, 0.1) is 12.0 Å². The van der Waals surface area contributed by atoms with E-state index in [-0.39, 0.29) is 29.8 Å². The minimum absolute atomic E-state index is 0. The number of nitrogens with one attached hydrogen (secondary N) is 1. The summed E-state index contributed by atoms with van der Waals surface area (Å²) in [5, 5.41) is 9.55. The van der Waals surface area contributed by atoms with E-state index in [0.717, 1.165) is 18.4 Å². The van der Waals surface area contributed by atoms with Gasteiger partial charge in [0.1, 0.15) is 11.8 Å². The molecule has 0 radical (unpaired) electrons. The highest BCUT2D eigenvalue weighted by atomic mass is 35.5. The number of rotatable bonds is 9. The van der Waals surface area contributed by atoms with Crippen LogP contribution in [0, 0.1) is 5.92 Å². The molecule has 1 atom stereocenters. The van der Waals surface area contributed by atoms with Gasteiger partial charge < -0.3 is 9.64 Å². The van der Waals surface area contributed by atoms with Gasteiger partial charge in [-0.2, -0.15) is 4.31 Å². The fourth-order valence-electron chi connectivity index (χ4n) is 4.56. The van der Waals surface area contributed by atoms with Crippen molar-refractivity contribution in [2.75, 3.05) is 21.2 Å². The Kier molecular flexibility index (Phi) is 10.3. The van der Waals surface area contributed by atoms with Gasteiger partial charge in [0.2, 0.25) is 10.0 Å². The Morgan fingerprint density at radius 2 is 1.65 bits per heavy atom. The van der Waals surface area contributed by atoms with E-state index in [1.165, 1.54) is 23.5 Å². The third-order valence-corrected chi connectivity index (χ3v) is 8.30. The number of hydroxylamine groups is 1. The number of halogens is 1. The van der Waals surface area contributed by atoms with Gasteiger partial charge in [0.25, 0.3) is 5.91 Å². The van der Waals surface area contributed by atoms with Crippen LogP contribution >= 0.6 is 12.4 Å². The standard InChI is InChI=1S/C24H33N3O5S.ClH/c1-26(2)20-11-9-19(10-12-20)23(24(28)25-29)27(17-18-7-5-4-6-8-18)33(30,31)22-15-13-21(32-3)14-16-22;/h4-8,13-16,19-20,23,29H,9-12,17H2,1-3H3,(H,25,28);1H. The van der Waals surface area contributed by atoms with Crippen LogP contribution in [0.25, 0.3) is 0 Å². The number of hydrogen-bond acceptors (Lipinski definition) is 6. The van der Waals surface area contributed by atoms with Crippen molar-refractivity contribution in [2.45, 2.75) is 49.2 Å². The Hall–Kier alpha value is -2.17. The van der Waals surface area contributed by atoms with Crippen molar-refractivity contribution >= 4 is 28.3 Å². The van der Waals surface area contributed by atoms with Gasteiger partial charge in [-0.05, 0) is 75.5 Å². The van der Waals surface area contributed by atoms with E-state index in [1.54, 1.807) is 17.6 Å². The lowest BCUT2D eigenvalue weighted by Gasteiger charge is -2.39. The predicted molar refractivity (Wildman–Crippen MR) is 133 cm³/mol. The second-order valence-corrected chi connectivity index (χ2v) is 10.6. The maximum absolute atomic E-state index is 13.8. The lowest BCUT2D eigenvalue weighted by atomic mass is 9.80. The Morgan fingerprint density at radius 1 is 1.06 bits per heavy atom. The molecule has 1 saturated carbocycles. The monoisotopic (exact) mass is 511 g/mol. The molecule has 3 rings (SSSR count). The van der Waals surface area contributed by atoms with Crippen LogP contribution in [-0.2, 0) is 21.4 Å². The molecule has 1 unspecified atom stereocenters. The van der Waals surface area contributed by atoms with Gasteiger partial charge in [-0.15, -0.1) is 12.4 Å². The number of carbonyl (C=O) groups excluding carboxylic acids is 1. The van der Waals surface area contributed by atoms with Crippen LogP contribution in [0.5, 0.6) is 5.75 Å². The normalized spacial score (nSPS) is 19.4. The number of ether oxygens (including phenoxy) is 1. The summed E-state index contributed by atoms with van der Waals surface area (Å²) in [4.78, 5) is 15.2. The maximum atomic E-state index is 13.8. The quantitative estimate of drug-likeness (QED) is 0.396. The largest absolute Gasteiger partial charge is 0.497 e. The molecule has 188 valence electrons. The lowest BCUT2D eigenvalue weighted by Crippen LogP contribution is -2.53. The van der Waals surface area contributed by atoms with Gasteiger partial charge in [0, 0.05) is 12.6 Å². The summed E-state index contributed by atoms with van der Waals surface area (Å²) in [6, 6.07) is 14.6. The molecule has 1 amide bonds. The van der Waals surface area contributed by atoms with Crippen molar-refractivity contribution in [1.29, 1.82) is 0 Å². The highest BCUT2D eigenvalue weighted by Gasteiger charge is 2.42. The first-order chi connectivity index (χ1) is 15.8. The minimum Gasteiger partial charge on any atom is -0.497 e. The first kappa shape index (κ1) is 28.1. The van der Waals surface area contributed by atoms with Crippen molar-refractivity contribution in [2.24, 2.45) is 5.92 Å². The Morgan fingerprint density at radius 3 is 2.15 bits per heavy atom. The number of carbonyl (C=O) groups is 1. The van der Waals surface area contributed by atoms with E-state index in [0.29, 0.717) is 24.6 Å². The molecule has 0 heterocycles. The molecule has 1 aliphatic rings. The highest BCUT2D eigenvalue weighted by Crippen LogP contribution is 2.34. The third kappa shape index (κ3) is 6.49. The average Bonchev–Trinajstić information content (AvgIpc) is 2.84. The number of methoxy groups -OCH3 is 1. The Bertz CT molecular complexity index is 1010. The van der Waals surface area contributed by atoms with Crippen LogP contribution < -0.4 is 10.2 Å². The van der Waals surface area contributed by atoms with E-state index in [2.05, 4.69) is 4.90 Å². The zero-order valence-corrected chi connectivity index (χ0v) is 21.4. The average molecular weight is 512 g/mol. The summed E-state index contributed by atoms with van der Waals surface area (Å²) in [6.07, 6.45) is 3.08. The van der Waals surface area contributed by atoms with E-state index in [4.69, 9.17) is 4.74 Å². The van der Waals surface area contributed by atoms with Gasteiger partial charge in [0.15, 0.2) is 0 Å². The van der Waals surface area contributed by atoms with Crippen molar-refractivity contribution in [3.8, 4) is 5.75 Å². The van der Waals surface area contributed by atoms with Crippen LogP contribution in [0.4, 0.5) is 0 Å². The molecule has 10 heteroatoms. The van der Waals surface area contributed by atoms with Crippen molar-refractivity contribution < 1.29 is 23.2 Å². The molecule has 2 N–H and O–H groups in total. The number of amides is 1. The minimum atomic E-state index is -4.06. The number of hydrogen-bond donors (Lipinski definition) is 2. The summed E-state index contributed by atoms with van der Waals surface area (Å²) in [7, 11) is 1.50. The Balaban J connectivity index is 0.00000408. The number of sulfonamides is 1. The van der Waals surface area contributed by atoms with Crippen LogP contribution in [0.2, 0.25) is 0 Å². The molecular formula is C24H34ClN3O5S. The van der Waals surface area contributed by atoms with Crippen molar-refractivity contribution in [3.05, 3.63) is 60.2 Å². The molecule has 34 heavy (non-hydrogen) atoms. The highest BCUT2D eigenvalue weighted by molar-refractivity contribution is 7.89. The summed E-state index contributed by atoms with van der Waals surface area (Å²) in [5.41, 5.74) is 2.49. The molecule has 1 fully saturated rings. The summed E-state index contributed by atoms with van der Waals surface area (Å²) in [5.74, 6) is -0.392. The molecule has 0 aromatic heterocycles. The van der Waals surface area contributed by atoms with Crippen LogP contribution in [0.3, 0.4) is 0 Å². The topological polar surface area (TPSA) is 99.2 Å². The molecule has 1 aliphatic carbocycles. The first-order valence-corrected chi connectivity index (χ1v) is 12.5. The fourth-order valence-corrected chi connectivity index (χ4v) is 6.20. The van der Waals surface area contributed by atoms with E-state index in [1.807, 2.05) is 44.4 Å². The molecule has 2 aromatic carbocycles. The van der Waals surface area contributed by atoms with Crippen molar-refractivity contribution in [1.82, 2.24) is 14.7 Å². The van der Waals surface area contributed by atoms with Crippen LogP contribution in [0.15, 0.2) is 59.5 Å². The van der Waals surface area contributed by atoms with Gasteiger partial charge in [-0.1, -0.05) is 30.3 Å². The summed E-state index contributed by atoms with van der Waals surface area (Å²) in [6.45, 7) is 0.0148. The molecule has 2 aromatic rings. The number of nitrogens with zero attached hydrogens (tertiary/aromatic N) is 2. The fraction of sp³-hybridized carbons (Fsp3) is 0.458. The van der Waals surface area contributed by atoms with Gasteiger partial charge in [-0.3, -0.25) is 10.0 Å². The molecular weight excluding hydrogens is 478 g/mol. The lowest BCUT2D eigenvalue weighted by molar-refractivity contribution is -0.135. The second-order valence-electron chi connectivity index (χ2n) is 8.66. The maximum Gasteiger partial charge on any atom is 0.262 e. The van der Waals surface area contributed by atoms with Crippen molar-refractivity contribution in [3.63, 3.8) is 0 Å². The summed E-state index contributed by atoms with van der Waals surface area (Å²) >= 11 is 0. The SMILES string of the molecule is COc1ccc(S(=O)(=O)N(Cc2ccccc2)C(C(=O)NO)C2CCC(N(C)C)CC2)cc1.Cl. The van der Waals surface area contributed by atoms with Crippen LogP contribution in [-0.4, -0.2) is 62.0 Å². The molecule has 0 bridgehead atoms. The molecule has 0 spiro atoms. The molecule has 8 nitrogen and oxygen atoms in total. The molecule has 0 saturated heterocycles. The third-order valence-electron chi connectivity index (χ3n) is 6.45. The summed E-state index contributed by atoms with van der Waals surface area (Å²) < 4.78 is 34.0. The Labute approximate surface area is 208 Å². The van der Waals surface area contributed by atoms with Gasteiger partial charge >= 0.3 is 0 Å². The smallest absolute Gasteiger partial charge is 0.262 e. The zero-order valence-electron chi connectivity index (χ0n) is 19.8. The first-order valence-electron chi connectivity index (χ1n) is 11.1. The van der Waals surface area contributed by atoms with E-state index >= 15 is 0 Å². The zero-order chi connectivity index (χ0) is 24.0. The predicted octanol–water partition coefficient (Wildman–Crippen LogP) is 3.30. The van der Waals surface area contributed by atoms with E-state index in [9.17, 15) is 18.4 Å². The molecule has 0 aliphatic heterocycles. The van der Waals surface area contributed by atoms with Gasteiger partial charge in [-0.25, -0.2) is 13.9 Å².